The third-order valence-electron chi connectivity index (χ3n) is 5.44. The maximum absolute atomic E-state index is 13.1. The molecule has 0 radical (unpaired) electrons. The Balaban J connectivity index is 1.45. The van der Waals surface area contributed by atoms with E-state index in [-0.39, 0.29) is 22.6 Å². The SMILES string of the molecule is Cc1cccc(N2C(=O)c3ccc(C(=O)Nc4nc5scc(C)n5n4)cc3C2=O)c1C. The standard InChI is InChI=1S/C22H17N5O3S/c1-11-5-4-6-17(13(11)3)26-19(29)15-8-7-14(9-16(15)20(26)30)18(28)23-21-24-22-27(25-21)12(2)10-31-22/h4-10H,1-3H3,(H,23,25,28). The van der Waals surface area contributed by atoms with Gasteiger partial charge in [-0.2, -0.15) is 4.98 Å². The average molecular weight is 431 g/mol. The minimum Gasteiger partial charge on any atom is -0.289 e. The molecule has 9 heteroatoms. The first kappa shape index (κ1) is 19.1. The molecule has 0 spiro atoms. The maximum atomic E-state index is 13.1. The maximum Gasteiger partial charge on any atom is 0.266 e. The molecule has 0 aliphatic carbocycles. The highest BCUT2D eigenvalue weighted by atomic mass is 32.1. The number of nitrogens with zero attached hydrogens (tertiary/aromatic N) is 4. The number of aryl methyl sites for hydroxylation is 2. The van der Waals surface area contributed by atoms with E-state index >= 15 is 0 Å². The summed E-state index contributed by atoms with van der Waals surface area (Å²) in [5.41, 5.74) is 4.04. The molecule has 4 aromatic rings. The van der Waals surface area contributed by atoms with Crippen LogP contribution in [0.2, 0.25) is 0 Å². The molecule has 0 bridgehead atoms. The highest BCUT2D eigenvalue weighted by Crippen LogP contribution is 2.32. The number of hydrogen-bond donors (Lipinski definition) is 1. The Bertz CT molecular complexity index is 1420. The Kier molecular flexibility index (Phi) is 4.23. The van der Waals surface area contributed by atoms with Gasteiger partial charge in [0.25, 0.3) is 23.7 Å². The van der Waals surface area contributed by atoms with Gasteiger partial charge in [-0.1, -0.05) is 12.1 Å². The minimum absolute atomic E-state index is 0.180. The van der Waals surface area contributed by atoms with Gasteiger partial charge in [0.05, 0.1) is 22.5 Å². The van der Waals surface area contributed by atoms with E-state index in [9.17, 15) is 14.4 Å². The van der Waals surface area contributed by atoms with Gasteiger partial charge in [-0.05, 0) is 56.2 Å². The Morgan fingerprint density at radius 2 is 1.81 bits per heavy atom. The van der Waals surface area contributed by atoms with E-state index in [4.69, 9.17) is 0 Å². The molecular formula is C22H17N5O3S. The third-order valence-corrected chi connectivity index (χ3v) is 6.37. The zero-order valence-corrected chi connectivity index (χ0v) is 17.8. The number of hydrogen-bond acceptors (Lipinski definition) is 6. The molecular weight excluding hydrogens is 414 g/mol. The largest absolute Gasteiger partial charge is 0.289 e. The third kappa shape index (κ3) is 2.93. The summed E-state index contributed by atoms with van der Waals surface area (Å²) in [5.74, 6) is -1.12. The van der Waals surface area contributed by atoms with Crippen LogP contribution in [0.1, 0.15) is 47.9 Å². The van der Waals surface area contributed by atoms with Crippen molar-refractivity contribution in [1.29, 1.82) is 0 Å². The second-order valence-electron chi connectivity index (χ2n) is 7.39. The van der Waals surface area contributed by atoms with Gasteiger partial charge in [-0.3, -0.25) is 19.7 Å². The molecule has 2 aromatic carbocycles. The van der Waals surface area contributed by atoms with E-state index in [1.165, 1.54) is 34.4 Å². The molecule has 3 amide bonds. The van der Waals surface area contributed by atoms with Crippen molar-refractivity contribution in [3.05, 3.63) is 75.3 Å². The quantitative estimate of drug-likeness (QED) is 0.498. The lowest BCUT2D eigenvalue weighted by molar-refractivity contribution is 0.0925. The first-order valence-electron chi connectivity index (χ1n) is 9.56. The second-order valence-corrected chi connectivity index (χ2v) is 8.22. The summed E-state index contributed by atoms with van der Waals surface area (Å²) < 4.78 is 1.65. The fraction of sp³-hybridized carbons (Fsp3) is 0.136. The highest BCUT2D eigenvalue weighted by molar-refractivity contribution is 7.15. The van der Waals surface area contributed by atoms with Crippen LogP contribution >= 0.6 is 11.3 Å². The van der Waals surface area contributed by atoms with E-state index in [0.717, 1.165) is 16.8 Å². The predicted molar refractivity (Wildman–Crippen MR) is 117 cm³/mol. The van der Waals surface area contributed by atoms with Crippen LogP contribution in [0.4, 0.5) is 11.6 Å². The number of rotatable bonds is 3. The lowest BCUT2D eigenvalue weighted by Gasteiger charge is -2.17. The number of amides is 3. The summed E-state index contributed by atoms with van der Waals surface area (Å²) in [7, 11) is 0. The van der Waals surface area contributed by atoms with Crippen LogP contribution in [0.15, 0.2) is 41.8 Å². The lowest BCUT2D eigenvalue weighted by atomic mass is 10.1. The van der Waals surface area contributed by atoms with Crippen LogP contribution in [0.25, 0.3) is 4.96 Å². The van der Waals surface area contributed by atoms with Crippen molar-refractivity contribution in [1.82, 2.24) is 14.6 Å². The first-order chi connectivity index (χ1) is 14.8. The van der Waals surface area contributed by atoms with Crippen molar-refractivity contribution < 1.29 is 14.4 Å². The van der Waals surface area contributed by atoms with Crippen LogP contribution in [0.5, 0.6) is 0 Å². The fourth-order valence-corrected chi connectivity index (χ4v) is 4.40. The Hall–Kier alpha value is -3.85. The first-order valence-corrected chi connectivity index (χ1v) is 10.4. The van der Waals surface area contributed by atoms with E-state index in [2.05, 4.69) is 15.4 Å². The van der Waals surface area contributed by atoms with Gasteiger partial charge in [-0.15, -0.1) is 16.4 Å². The van der Waals surface area contributed by atoms with Gasteiger partial charge < -0.3 is 0 Å². The number of carbonyl (C=O) groups excluding carboxylic acids is 3. The van der Waals surface area contributed by atoms with Crippen molar-refractivity contribution in [3.8, 4) is 0 Å². The molecule has 3 heterocycles. The zero-order chi connectivity index (χ0) is 21.9. The summed E-state index contributed by atoms with van der Waals surface area (Å²) in [6.45, 7) is 5.70. The molecule has 1 N–H and O–H groups in total. The number of benzene rings is 2. The molecule has 0 saturated carbocycles. The molecule has 1 aliphatic heterocycles. The van der Waals surface area contributed by atoms with E-state index in [1.54, 1.807) is 10.6 Å². The van der Waals surface area contributed by atoms with Crippen LogP contribution in [0.3, 0.4) is 0 Å². The molecule has 0 atom stereocenters. The monoisotopic (exact) mass is 431 g/mol. The predicted octanol–water partition coefficient (Wildman–Crippen LogP) is 3.77. The number of nitrogens with one attached hydrogen (secondary N) is 1. The number of imide groups is 1. The highest BCUT2D eigenvalue weighted by Gasteiger charge is 2.38. The van der Waals surface area contributed by atoms with Crippen molar-refractivity contribution in [2.24, 2.45) is 0 Å². The molecule has 31 heavy (non-hydrogen) atoms. The van der Waals surface area contributed by atoms with Crippen molar-refractivity contribution in [3.63, 3.8) is 0 Å². The fourth-order valence-electron chi connectivity index (χ4n) is 3.60. The van der Waals surface area contributed by atoms with Crippen molar-refractivity contribution in [2.45, 2.75) is 20.8 Å². The van der Waals surface area contributed by atoms with Crippen LogP contribution in [-0.4, -0.2) is 32.3 Å². The van der Waals surface area contributed by atoms with Crippen LogP contribution < -0.4 is 10.2 Å². The number of carbonyl (C=O) groups is 3. The van der Waals surface area contributed by atoms with E-state index in [0.29, 0.717) is 10.6 Å². The van der Waals surface area contributed by atoms with Gasteiger partial charge in [0.2, 0.25) is 4.96 Å². The number of thiazole rings is 1. The van der Waals surface area contributed by atoms with Crippen molar-refractivity contribution >= 4 is 45.7 Å². The number of aromatic nitrogens is 3. The number of fused-ring (bicyclic) bond motifs is 2. The summed E-state index contributed by atoms with van der Waals surface area (Å²) >= 11 is 1.43. The van der Waals surface area contributed by atoms with E-state index in [1.807, 2.05) is 38.3 Å². The molecule has 8 nitrogen and oxygen atoms in total. The normalized spacial score (nSPS) is 13.2. The molecule has 0 saturated heterocycles. The molecule has 5 rings (SSSR count). The van der Waals surface area contributed by atoms with Gasteiger partial charge in [0.15, 0.2) is 0 Å². The van der Waals surface area contributed by atoms with Gasteiger partial charge >= 0.3 is 0 Å². The summed E-state index contributed by atoms with van der Waals surface area (Å²) in [5, 5.41) is 8.84. The topological polar surface area (TPSA) is 96.7 Å². The summed E-state index contributed by atoms with van der Waals surface area (Å²) in [6, 6.07) is 9.96. The molecule has 0 fully saturated rings. The van der Waals surface area contributed by atoms with Gasteiger partial charge in [-0.25, -0.2) is 9.42 Å². The minimum atomic E-state index is -0.454. The molecule has 1 aliphatic rings. The van der Waals surface area contributed by atoms with Crippen LogP contribution in [-0.2, 0) is 0 Å². The Morgan fingerprint density at radius 1 is 1.03 bits per heavy atom. The smallest absolute Gasteiger partial charge is 0.266 e. The molecule has 2 aromatic heterocycles. The van der Waals surface area contributed by atoms with E-state index < -0.39 is 17.7 Å². The average Bonchev–Trinajstić information content (AvgIpc) is 3.38. The van der Waals surface area contributed by atoms with Gasteiger partial charge in [0, 0.05) is 10.9 Å². The second kappa shape index (κ2) is 6.85. The lowest BCUT2D eigenvalue weighted by Crippen LogP contribution is -2.30. The Morgan fingerprint density at radius 3 is 2.58 bits per heavy atom. The Labute approximate surface area is 181 Å². The van der Waals surface area contributed by atoms with Crippen LogP contribution in [0, 0.1) is 20.8 Å². The molecule has 0 unspecified atom stereocenters. The summed E-state index contributed by atoms with van der Waals surface area (Å²) in [4.78, 5) is 44.8. The zero-order valence-electron chi connectivity index (χ0n) is 17.0. The van der Waals surface area contributed by atoms with Crippen molar-refractivity contribution in [2.75, 3.05) is 10.2 Å². The van der Waals surface area contributed by atoms with Gasteiger partial charge in [0.1, 0.15) is 0 Å². The molecule has 154 valence electrons. The summed E-state index contributed by atoms with van der Waals surface area (Å²) in [6.07, 6.45) is 0. The number of anilines is 2.